The quantitative estimate of drug-likeness (QED) is 0.293. The Morgan fingerprint density at radius 3 is 2.35 bits per heavy atom. The molecule has 1 aromatic rings. The number of amides is 2. The molecule has 9 heteroatoms. The Morgan fingerprint density at radius 1 is 1.00 bits per heavy atom. The number of nitrogens with one attached hydrogen (secondary N) is 1. The lowest BCUT2D eigenvalue weighted by molar-refractivity contribution is -0.213. The van der Waals surface area contributed by atoms with Crippen molar-refractivity contribution in [2.75, 3.05) is 5.32 Å². The first-order chi connectivity index (χ1) is 22.8. The van der Waals surface area contributed by atoms with Crippen LogP contribution in [0.15, 0.2) is 23.7 Å². The average molecular weight is 675 g/mol. The number of ether oxygens (including phenoxy) is 1. The fourth-order valence-corrected chi connectivity index (χ4v) is 12.2. The number of Topliss-reactive ketones (excluding diaryl/α,β-unsaturated/α-hetero) is 1. The normalized spacial score (nSPS) is 36.7. The predicted molar refractivity (Wildman–Crippen MR) is 188 cm³/mol. The molecule has 0 aromatic carbocycles. The molecule has 6 rings (SSSR count). The van der Waals surface area contributed by atoms with Gasteiger partial charge in [-0.15, -0.1) is 0 Å². The summed E-state index contributed by atoms with van der Waals surface area (Å²) in [5.74, 6) is 0.748. The monoisotopic (exact) mass is 674 g/mol. The zero-order valence-electron chi connectivity index (χ0n) is 31.2. The topological polar surface area (TPSA) is 141 Å². The number of carbonyl (C=O) groups excluding carboxylic acids is 4. The standard InChI is InChI=1S/C40H58N4O5/c1-22(2)32-27(45)18-40(35(48)44-26-20-42-21-43-23(26)3)17-12-25-24(33(32)40)10-11-29-38(25,8)15-13-28-37(6,7)30(14-16-39(28,29)9)49-31(46)19-36(4,5)34(41)47/h20-22,24-25,28-30H,10-19H2,1-9H3,(H2,41,47)(H,44,48)/t24?,25?,28?,29?,30-,38?,39?,40+/m0/s1. The summed E-state index contributed by atoms with van der Waals surface area (Å²) >= 11 is 0. The molecular weight excluding hydrogens is 616 g/mol. The number of aryl methyl sites for hydroxylation is 1. The molecular formula is C40H58N4O5. The van der Waals surface area contributed by atoms with Crippen LogP contribution >= 0.6 is 0 Å². The van der Waals surface area contributed by atoms with Crippen molar-refractivity contribution in [2.45, 2.75) is 133 Å². The van der Waals surface area contributed by atoms with Gasteiger partial charge < -0.3 is 15.8 Å². The van der Waals surface area contributed by atoms with Crippen molar-refractivity contribution in [3.8, 4) is 0 Å². The number of hydrogen-bond acceptors (Lipinski definition) is 7. The fraction of sp³-hybridized carbons (Fsp3) is 0.750. The molecule has 5 aliphatic carbocycles. The van der Waals surface area contributed by atoms with E-state index < -0.39 is 16.7 Å². The zero-order chi connectivity index (χ0) is 35.9. The van der Waals surface area contributed by atoms with Crippen LogP contribution in [-0.2, 0) is 23.9 Å². The van der Waals surface area contributed by atoms with Gasteiger partial charge in [-0.25, -0.2) is 9.97 Å². The number of ketones is 1. The van der Waals surface area contributed by atoms with Gasteiger partial charge in [0.15, 0.2) is 5.78 Å². The first-order valence-corrected chi connectivity index (χ1v) is 18.6. The molecule has 0 saturated heterocycles. The van der Waals surface area contributed by atoms with Crippen LogP contribution in [0.4, 0.5) is 5.69 Å². The number of fused-ring (bicyclic) bond motifs is 7. The first kappa shape index (κ1) is 35.7. The maximum absolute atomic E-state index is 14.4. The van der Waals surface area contributed by atoms with Crippen LogP contribution in [0.2, 0.25) is 0 Å². The third-order valence-electron chi connectivity index (χ3n) is 14.7. The minimum atomic E-state index is -0.947. The number of esters is 1. The maximum atomic E-state index is 14.4. The van der Waals surface area contributed by atoms with Crippen molar-refractivity contribution >= 4 is 29.3 Å². The highest BCUT2D eigenvalue weighted by Crippen LogP contribution is 2.73. The van der Waals surface area contributed by atoms with Gasteiger partial charge >= 0.3 is 5.97 Å². The summed E-state index contributed by atoms with van der Waals surface area (Å²) < 4.78 is 6.18. The summed E-state index contributed by atoms with van der Waals surface area (Å²) in [5, 5.41) is 3.16. The van der Waals surface area contributed by atoms with Crippen molar-refractivity contribution in [1.29, 1.82) is 0 Å². The van der Waals surface area contributed by atoms with E-state index in [4.69, 9.17) is 10.5 Å². The number of aromatic nitrogens is 2. The van der Waals surface area contributed by atoms with Gasteiger partial charge in [-0.05, 0) is 110 Å². The van der Waals surface area contributed by atoms with Crippen molar-refractivity contribution in [1.82, 2.24) is 9.97 Å². The number of rotatable bonds is 7. The minimum Gasteiger partial charge on any atom is -0.462 e. The molecule has 49 heavy (non-hydrogen) atoms. The van der Waals surface area contributed by atoms with Crippen molar-refractivity contribution in [3.05, 3.63) is 29.4 Å². The van der Waals surface area contributed by atoms with Crippen LogP contribution in [-0.4, -0.2) is 39.6 Å². The van der Waals surface area contributed by atoms with Gasteiger partial charge in [-0.1, -0.05) is 55.4 Å². The molecule has 0 aliphatic heterocycles. The molecule has 1 heterocycles. The van der Waals surface area contributed by atoms with Crippen LogP contribution in [0.25, 0.3) is 0 Å². The lowest BCUT2D eigenvalue weighted by Gasteiger charge is -2.68. The Morgan fingerprint density at radius 2 is 1.69 bits per heavy atom. The van der Waals surface area contributed by atoms with Crippen molar-refractivity contribution in [3.63, 3.8) is 0 Å². The largest absolute Gasteiger partial charge is 0.462 e. The summed E-state index contributed by atoms with van der Waals surface area (Å²) in [4.78, 5) is 61.7. The maximum Gasteiger partial charge on any atom is 0.307 e. The first-order valence-electron chi connectivity index (χ1n) is 18.6. The Bertz CT molecular complexity index is 1600. The minimum absolute atomic E-state index is 0.0183. The molecule has 0 radical (unpaired) electrons. The average Bonchev–Trinajstić information content (AvgIpc) is 3.33. The van der Waals surface area contributed by atoms with Gasteiger partial charge in [-0.3, -0.25) is 19.2 Å². The Balaban J connectivity index is 1.28. The summed E-state index contributed by atoms with van der Waals surface area (Å²) in [7, 11) is 0. The van der Waals surface area contributed by atoms with Crippen LogP contribution in [0.5, 0.6) is 0 Å². The molecule has 9 nitrogen and oxygen atoms in total. The lowest BCUT2D eigenvalue weighted by Crippen LogP contribution is -2.63. The molecule has 6 unspecified atom stereocenters. The van der Waals surface area contributed by atoms with E-state index in [0.717, 1.165) is 56.1 Å². The number of anilines is 1. The number of hydrogen-bond donors (Lipinski definition) is 2. The third kappa shape index (κ3) is 5.47. The second-order valence-electron chi connectivity index (χ2n) is 18.4. The number of carbonyl (C=O) groups is 4. The Hall–Kier alpha value is -3.10. The van der Waals surface area contributed by atoms with E-state index in [1.807, 2.05) is 6.92 Å². The second kappa shape index (κ2) is 12.0. The van der Waals surface area contributed by atoms with E-state index in [9.17, 15) is 19.2 Å². The molecule has 3 N–H and O–H groups in total. The van der Waals surface area contributed by atoms with E-state index in [-0.39, 0.29) is 64.7 Å². The highest BCUT2D eigenvalue weighted by Gasteiger charge is 2.67. The highest BCUT2D eigenvalue weighted by atomic mass is 16.5. The zero-order valence-corrected chi connectivity index (χ0v) is 31.2. The molecule has 2 amide bonds. The van der Waals surface area contributed by atoms with Crippen LogP contribution in [0.3, 0.4) is 0 Å². The number of allylic oxidation sites excluding steroid dienone is 1. The molecule has 4 saturated carbocycles. The van der Waals surface area contributed by atoms with Crippen LogP contribution < -0.4 is 11.1 Å². The second-order valence-corrected chi connectivity index (χ2v) is 18.4. The predicted octanol–water partition coefficient (Wildman–Crippen LogP) is 7.13. The van der Waals surface area contributed by atoms with Gasteiger partial charge in [0.2, 0.25) is 11.8 Å². The van der Waals surface area contributed by atoms with Gasteiger partial charge in [0.1, 0.15) is 12.4 Å². The molecule has 268 valence electrons. The number of primary amides is 1. The van der Waals surface area contributed by atoms with E-state index in [2.05, 4.69) is 56.8 Å². The molecule has 8 atom stereocenters. The van der Waals surface area contributed by atoms with E-state index >= 15 is 0 Å². The third-order valence-corrected chi connectivity index (χ3v) is 14.7. The van der Waals surface area contributed by atoms with E-state index in [0.29, 0.717) is 35.6 Å². The smallest absolute Gasteiger partial charge is 0.307 e. The van der Waals surface area contributed by atoms with Crippen LogP contribution in [0.1, 0.15) is 125 Å². The van der Waals surface area contributed by atoms with Crippen molar-refractivity contribution in [2.24, 2.45) is 62.4 Å². The van der Waals surface area contributed by atoms with Crippen molar-refractivity contribution < 1.29 is 23.9 Å². The number of nitrogens with zero attached hydrogens (tertiary/aromatic N) is 2. The molecule has 0 spiro atoms. The van der Waals surface area contributed by atoms with Gasteiger partial charge in [0, 0.05) is 11.8 Å². The summed E-state index contributed by atoms with van der Waals surface area (Å²) in [6, 6.07) is 0. The Kier molecular flexibility index (Phi) is 8.75. The van der Waals surface area contributed by atoms with Gasteiger partial charge in [0.05, 0.1) is 34.8 Å². The number of nitrogens with two attached hydrogens (primary N) is 1. The fourth-order valence-electron chi connectivity index (χ4n) is 12.2. The lowest BCUT2D eigenvalue weighted by atomic mass is 9.36. The highest BCUT2D eigenvalue weighted by molar-refractivity contribution is 6.10. The Labute approximate surface area is 292 Å². The van der Waals surface area contributed by atoms with Gasteiger partial charge in [0.25, 0.3) is 0 Å². The SMILES string of the molecule is Cc1ncncc1NC(=O)[C@@]12CCC3C(CCC4C3(C)CCC3C4(C)CC[C@H](OC(=O)CC(C)(C)C(N)=O)C3(C)C)C1=C(C(C)C)C(=O)C2. The van der Waals surface area contributed by atoms with Gasteiger partial charge in [-0.2, -0.15) is 0 Å². The van der Waals surface area contributed by atoms with Crippen LogP contribution in [0, 0.1) is 63.6 Å². The molecule has 1 aromatic heterocycles. The molecule has 4 fully saturated rings. The molecule has 0 bridgehead atoms. The molecule has 5 aliphatic rings. The summed E-state index contributed by atoms with van der Waals surface area (Å²) in [6.07, 6.45) is 10.7. The summed E-state index contributed by atoms with van der Waals surface area (Å²) in [6.45, 7) is 19.0. The van der Waals surface area contributed by atoms with E-state index in [1.165, 1.54) is 6.33 Å². The summed E-state index contributed by atoms with van der Waals surface area (Å²) in [5.41, 5.74) is 7.08. The van der Waals surface area contributed by atoms with E-state index in [1.54, 1.807) is 20.0 Å².